The number of nitrogens with one attached hydrogen (secondary N) is 2. The third-order valence-corrected chi connectivity index (χ3v) is 5.59. The lowest BCUT2D eigenvalue weighted by Gasteiger charge is -2.28. The number of benzene rings is 2. The average Bonchev–Trinajstić information content (AvgIpc) is 2.80. The third-order valence-electron chi connectivity index (χ3n) is 5.59. The van der Waals surface area contributed by atoms with Crippen LogP contribution in [0.4, 0.5) is 17.1 Å². The summed E-state index contributed by atoms with van der Waals surface area (Å²) in [6, 6.07) is 14.6. The minimum atomic E-state index is -1.01. The number of piperidine rings is 1. The van der Waals surface area contributed by atoms with E-state index in [9.17, 15) is 14.4 Å². The fourth-order valence-electron chi connectivity index (χ4n) is 3.83. The van der Waals surface area contributed by atoms with Crippen LogP contribution in [0.1, 0.15) is 32.6 Å². The standard InChI is InChI=1S/C24H27N3O5/c1-16(23(29)25-17-9-11-18(12-10-17)27-13-5-2-6-14-27)31-22(28)15-21-24(30)26-19-7-3-4-8-20(19)32-21/h3-4,7-12,16,21H,2,5-6,13-15H2,1H3,(H,25,29)(H,26,30)/t16-,21+/m1/s1. The molecule has 0 radical (unpaired) electrons. The third kappa shape index (κ3) is 5.19. The molecular weight excluding hydrogens is 410 g/mol. The minimum Gasteiger partial charge on any atom is -0.478 e. The first-order chi connectivity index (χ1) is 15.5. The maximum absolute atomic E-state index is 12.4. The summed E-state index contributed by atoms with van der Waals surface area (Å²) in [5.74, 6) is -1.06. The van der Waals surface area contributed by atoms with Crippen LogP contribution in [0.15, 0.2) is 48.5 Å². The molecule has 32 heavy (non-hydrogen) atoms. The van der Waals surface area contributed by atoms with Gasteiger partial charge < -0.3 is 25.0 Å². The molecule has 2 atom stereocenters. The topological polar surface area (TPSA) is 97.0 Å². The maximum Gasteiger partial charge on any atom is 0.310 e. The van der Waals surface area contributed by atoms with Gasteiger partial charge in [-0.15, -0.1) is 0 Å². The molecule has 2 aliphatic heterocycles. The van der Waals surface area contributed by atoms with Crippen LogP contribution in [0, 0.1) is 0 Å². The molecule has 0 unspecified atom stereocenters. The Morgan fingerprint density at radius 3 is 2.59 bits per heavy atom. The fraction of sp³-hybridized carbons (Fsp3) is 0.375. The molecule has 1 saturated heterocycles. The number of hydrogen-bond acceptors (Lipinski definition) is 6. The van der Waals surface area contributed by atoms with Crippen LogP contribution < -0.4 is 20.3 Å². The summed E-state index contributed by atoms with van der Waals surface area (Å²) in [5, 5.41) is 5.46. The Kier molecular flexibility index (Phi) is 6.58. The summed E-state index contributed by atoms with van der Waals surface area (Å²) < 4.78 is 10.8. The molecule has 168 valence electrons. The van der Waals surface area contributed by atoms with Gasteiger partial charge in [0.2, 0.25) is 0 Å². The minimum absolute atomic E-state index is 0.289. The normalized spacial score (nSPS) is 18.6. The number of hydrogen-bond donors (Lipinski definition) is 2. The van der Waals surface area contributed by atoms with Gasteiger partial charge in [-0.3, -0.25) is 14.4 Å². The Morgan fingerprint density at radius 2 is 1.84 bits per heavy atom. The molecule has 2 heterocycles. The number of para-hydroxylation sites is 2. The first-order valence-corrected chi connectivity index (χ1v) is 10.9. The van der Waals surface area contributed by atoms with Gasteiger partial charge in [0, 0.05) is 24.5 Å². The molecule has 0 spiro atoms. The van der Waals surface area contributed by atoms with Crippen molar-refractivity contribution in [1.82, 2.24) is 0 Å². The number of fused-ring (bicyclic) bond motifs is 1. The second-order valence-corrected chi connectivity index (χ2v) is 8.01. The Balaban J connectivity index is 1.27. The van der Waals surface area contributed by atoms with Crippen molar-refractivity contribution in [1.29, 1.82) is 0 Å². The number of ether oxygens (including phenoxy) is 2. The first-order valence-electron chi connectivity index (χ1n) is 10.9. The van der Waals surface area contributed by atoms with Crippen LogP contribution >= 0.6 is 0 Å². The molecule has 0 aliphatic carbocycles. The van der Waals surface area contributed by atoms with Crippen molar-refractivity contribution in [3.63, 3.8) is 0 Å². The van der Waals surface area contributed by atoms with E-state index >= 15 is 0 Å². The molecule has 8 nitrogen and oxygen atoms in total. The van der Waals surface area contributed by atoms with Crippen molar-refractivity contribution >= 4 is 34.8 Å². The second kappa shape index (κ2) is 9.72. The number of nitrogens with zero attached hydrogens (tertiary/aromatic N) is 1. The molecule has 8 heteroatoms. The van der Waals surface area contributed by atoms with Crippen LogP contribution in [0.2, 0.25) is 0 Å². The van der Waals surface area contributed by atoms with Gasteiger partial charge in [-0.25, -0.2) is 0 Å². The highest BCUT2D eigenvalue weighted by Crippen LogP contribution is 2.29. The van der Waals surface area contributed by atoms with Crippen molar-refractivity contribution < 1.29 is 23.9 Å². The van der Waals surface area contributed by atoms with E-state index in [1.165, 1.54) is 26.2 Å². The highest BCUT2D eigenvalue weighted by molar-refractivity contribution is 6.00. The summed E-state index contributed by atoms with van der Waals surface area (Å²) >= 11 is 0. The molecule has 1 fully saturated rings. The van der Waals surface area contributed by atoms with Gasteiger partial charge in [0.1, 0.15) is 5.75 Å². The average molecular weight is 437 g/mol. The monoisotopic (exact) mass is 437 g/mol. The molecule has 0 saturated carbocycles. The van der Waals surface area contributed by atoms with E-state index in [2.05, 4.69) is 15.5 Å². The number of carbonyl (C=O) groups excluding carboxylic acids is 3. The zero-order valence-corrected chi connectivity index (χ0v) is 18.0. The van der Waals surface area contributed by atoms with E-state index < -0.39 is 30.0 Å². The fourth-order valence-corrected chi connectivity index (χ4v) is 3.83. The van der Waals surface area contributed by atoms with E-state index in [-0.39, 0.29) is 6.42 Å². The summed E-state index contributed by atoms with van der Waals surface area (Å²) in [6.07, 6.45) is 1.36. The van der Waals surface area contributed by atoms with Gasteiger partial charge in [-0.05, 0) is 62.6 Å². The Labute approximate surface area is 186 Å². The van der Waals surface area contributed by atoms with Gasteiger partial charge in [0.25, 0.3) is 11.8 Å². The van der Waals surface area contributed by atoms with Gasteiger partial charge >= 0.3 is 5.97 Å². The van der Waals surface area contributed by atoms with Crippen LogP contribution in [0.25, 0.3) is 0 Å². The van der Waals surface area contributed by atoms with Crippen molar-refractivity contribution in [2.24, 2.45) is 0 Å². The van der Waals surface area contributed by atoms with E-state index in [0.29, 0.717) is 17.1 Å². The van der Waals surface area contributed by atoms with Gasteiger partial charge in [-0.1, -0.05) is 12.1 Å². The molecule has 4 rings (SSSR count). The summed E-state index contributed by atoms with van der Waals surface area (Å²) in [5.41, 5.74) is 2.32. The Hall–Kier alpha value is -3.55. The van der Waals surface area contributed by atoms with Crippen LogP contribution in [0.3, 0.4) is 0 Å². The van der Waals surface area contributed by atoms with Crippen LogP contribution in [-0.2, 0) is 19.1 Å². The SMILES string of the molecule is C[C@@H](OC(=O)C[C@@H]1Oc2ccccc2NC1=O)C(=O)Nc1ccc(N2CCCCC2)cc1. The van der Waals surface area contributed by atoms with E-state index in [1.807, 2.05) is 24.3 Å². The summed E-state index contributed by atoms with van der Waals surface area (Å²) in [6.45, 7) is 3.59. The number of rotatable bonds is 6. The quantitative estimate of drug-likeness (QED) is 0.673. The summed E-state index contributed by atoms with van der Waals surface area (Å²) in [4.78, 5) is 39.2. The smallest absolute Gasteiger partial charge is 0.310 e. The van der Waals surface area contributed by atoms with Gasteiger partial charge in [-0.2, -0.15) is 0 Å². The molecule has 2 aromatic carbocycles. The largest absolute Gasteiger partial charge is 0.478 e. The lowest BCUT2D eigenvalue weighted by molar-refractivity contribution is -0.155. The number of esters is 1. The Morgan fingerprint density at radius 1 is 1.12 bits per heavy atom. The molecule has 0 bridgehead atoms. The van der Waals surface area contributed by atoms with Crippen molar-refractivity contribution in [3.05, 3.63) is 48.5 Å². The van der Waals surface area contributed by atoms with E-state index in [0.717, 1.165) is 18.8 Å². The van der Waals surface area contributed by atoms with Crippen molar-refractivity contribution in [2.75, 3.05) is 28.6 Å². The number of anilines is 3. The highest BCUT2D eigenvalue weighted by Gasteiger charge is 2.31. The number of carbonyl (C=O) groups is 3. The predicted molar refractivity (Wildman–Crippen MR) is 121 cm³/mol. The molecular formula is C24H27N3O5. The van der Waals surface area contributed by atoms with Crippen molar-refractivity contribution in [3.8, 4) is 5.75 Å². The summed E-state index contributed by atoms with van der Waals surface area (Å²) in [7, 11) is 0. The molecule has 2 amide bonds. The predicted octanol–water partition coefficient (Wildman–Crippen LogP) is 3.34. The lowest BCUT2D eigenvalue weighted by atomic mass is 10.1. The Bertz CT molecular complexity index is 985. The first kappa shape index (κ1) is 21.7. The highest BCUT2D eigenvalue weighted by atomic mass is 16.6. The molecule has 2 aromatic rings. The van der Waals surface area contributed by atoms with Crippen LogP contribution in [0.5, 0.6) is 5.75 Å². The van der Waals surface area contributed by atoms with E-state index in [4.69, 9.17) is 9.47 Å². The molecule has 2 aliphatic rings. The van der Waals surface area contributed by atoms with Crippen LogP contribution in [-0.4, -0.2) is 43.1 Å². The lowest BCUT2D eigenvalue weighted by Crippen LogP contribution is -2.40. The molecule has 0 aromatic heterocycles. The second-order valence-electron chi connectivity index (χ2n) is 8.01. The zero-order chi connectivity index (χ0) is 22.5. The maximum atomic E-state index is 12.4. The number of amides is 2. The van der Waals surface area contributed by atoms with Crippen molar-refractivity contribution in [2.45, 2.75) is 44.8 Å². The van der Waals surface area contributed by atoms with Gasteiger partial charge in [0.05, 0.1) is 12.1 Å². The van der Waals surface area contributed by atoms with Gasteiger partial charge in [0.15, 0.2) is 12.2 Å². The zero-order valence-electron chi connectivity index (χ0n) is 18.0. The van der Waals surface area contributed by atoms with E-state index in [1.54, 1.807) is 24.3 Å². The molecule has 2 N–H and O–H groups in total.